The van der Waals surface area contributed by atoms with E-state index in [4.69, 9.17) is 0 Å². The Hall–Kier alpha value is -0.880. The molecule has 1 aromatic heterocycles. The smallest absolute Gasteiger partial charge is 0.155 e. The lowest BCUT2D eigenvalue weighted by Gasteiger charge is -2.12. The molecule has 2 heterocycles. The molecule has 1 fully saturated rings. The summed E-state index contributed by atoms with van der Waals surface area (Å²) in [5, 5.41) is 13.4. The molecular weight excluding hydrogens is 192 g/mol. The first-order valence-corrected chi connectivity index (χ1v) is 5.78. The molecule has 2 rings (SSSR count). The molecule has 0 radical (unpaired) electrons. The lowest BCUT2D eigenvalue weighted by Crippen LogP contribution is -2.22. The van der Waals surface area contributed by atoms with Crippen LogP contribution in [0.2, 0.25) is 0 Å². The number of aliphatic hydroxyl groups excluding tert-OH is 1. The third-order valence-electron chi connectivity index (χ3n) is 2.16. The molecule has 2 unspecified atom stereocenters. The van der Waals surface area contributed by atoms with Crippen LogP contribution < -0.4 is 0 Å². The van der Waals surface area contributed by atoms with E-state index in [9.17, 15) is 13.5 Å². The van der Waals surface area contributed by atoms with Gasteiger partial charge in [-0.2, -0.15) is 5.10 Å². The van der Waals surface area contributed by atoms with Crippen LogP contribution in [-0.2, 0) is 9.84 Å². The average Bonchev–Trinajstić information content (AvgIpc) is 2.56. The summed E-state index contributed by atoms with van der Waals surface area (Å²) in [6, 6.07) is 1.29. The fraction of sp³-hybridized carbons (Fsp3) is 0.571. The van der Waals surface area contributed by atoms with Gasteiger partial charge in [0.15, 0.2) is 9.84 Å². The average molecular weight is 202 g/mol. The minimum Gasteiger partial charge on any atom is -0.390 e. The van der Waals surface area contributed by atoms with Crippen LogP contribution in [0.25, 0.3) is 0 Å². The zero-order chi connectivity index (χ0) is 9.47. The normalized spacial score (nSPS) is 32.1. The molecule has 13 heavy (non-hydrogen) atoms. The Labute approximate surface area is 75.9 Å². The van der Waals surface area contributed by atoms with Gasteiger partial charge in [-0.15, -0.1) is 0 Å². The summed E-state index contributed by atoms with van der Waals surface area (Å²) >= 11 is 0. The maximum atomic E-state index is 11.1. The molecule has 1 N–H and O–H groups in total. The van der Waals surface area contributed by atoms with Gasteiger partial charge in [-0.1, -0.05) is 0 Å². The zero-order valence-electron chi connectivity index (χ0n) is 6.87. The van der Waals surface area contributed by atoms with E-state index >= 15 is 0 Å². The second-order valence-corrected chi connectivity index (χ2v) is 5.35. The van der Waals surface area contributed by atoms with Crippen molar-refractivity contribution in [3.63, 3.8) is 0 Å². The maximum Gasteiger partial charge on any atom is 0.155 e. The summed E-state index contributed by atoms with van der Waals surface area (Å²) in [6.07, 6.45) is 2.40. The molecule has 0 amide bonds. The SMILES string of the molecule is O=S1(=O)CC(O)C(n2cccn2)C1. The van der Waals surface area contributed by atoms with Gasteiger partial charge in [0.25, 0.3) is 0 Å². The predicted molar refractivity (Wildman–Crippen MR) is 45.9 cm³/mol. The molecule has 1 aliphatic rings. The molecule has 0 spiro atoms. The Morgan fingerprint density at radius 2 is 2.23 bits per heavy atom. The van der Waals surface area contributed by atoms with Crippen LogP contribution in [0.15, 0.2) is 18.5 Å². The molecule has 6 heteroatoms. The summed E-state index contributed by atoms with van der Waals surface area (Å²) in [5.74, 6) is -0.173. The molecule has 2 atom stereocenters. The molecule has 0 saturated carbocycles. The fourth-order valence-electron chi connectivity index (χ4n) is 1.54. The Kier molecular flexibility index (Phi) is 1.88. The van der Waals surface area contributed by atoms with Gasteiger partial charge in [-0.3, -0.25) is 4.68 Å². The summed E-state index contributed by atoms with van der Waals surface area (Å²) in [5.41, 5.74) is 0. The highest BCUT2D eigenvalue weighted by molar-refractivity contribution is 7.91. The maximum absolute atomic E-state index is 11.1. The monoisotopic (exact) mass is 202 g/mol. The van der Waals surface area contributed by atoms with E-state index in [2.05, 4.69) is 5.10 Å². The Morgan fingerprint density at radius 3 is 2.69 bits per heavy atom. The summed E-state index contributed by atoms with van der Waals surface area (Å²) in [6.45, 7) is 0. The number of hydrogen-bond acceptors (Lipinski definition) is 4. The fourth-order valence-corrected chi connectivity index (χ4v) is 3.31. The van der Waals surface area contributed by atoms with Gasteiger partial charge in [0.1, 0.15) is 0 Å². The van der Waals surface area contributed by atoms with Gasteiger partial charge < -0.3 is 5.11 Å². The van der Waals surface area contributed by atoms with Gasteiger partial charge in [0.05, 0.1) is 23.7 Å². The topological polar surface area (TPSA) is 72.2 Å². The molecule has 0 aliphatic carbocycles. The largest absolute Gasteiger partial charge is 0.390 e. The van der Waals surface area contributed by atoms with Gasteiger partial charge >= 0.3 is 0 Å². The number of aliphatic hydroxyl groups is 1. The molecule has 1 aliphatic heterocycles. The Balaban J connectivity index is 2.28. The van der Waals surface area contributed by atoms with E-state index in [0.717, 1.165) is 0 Å². The summed E-state index contributed by atoms with van der Waals surface area (Å²) in [4.78, 5) is 0. The number of rotatable bonds is 1. The van der Waals surface area contributed by atoms with Gasteiger partial charge in [-0.25, -0.2) is 8.42 Å². The van der Waals surface area contributed by atoms with Gasteiger partial charge in [0.2, 0.25) is 0 Å². The van der Waals surface area contributed by atoms with E-state index in [0.29, 0.717) is 0 Å². The van der Waals surface area contributed by atoms with Crippen molar-refractivity contribution in [2.24, 2.45) is 0 Å². The highest BCUT2D eigenvalue weighted by Crippen LogP contribution is 2.22. The van der Waals surface area contributed by atoms with Crippen molar-refractivity contribution in [3.8, 4) is 0 Å². The van der Waals surface area contributed by atoms with Gasteiger partial charge in [0, 0.05) is 12.4 Å². The number of aromatic nitrogens is 2. The van der Waals surface area contributed by atoms with E-state index in [1.807, 2.05) is 0 Å². The lowest BCUT2D eigenvalue weighted by atomic mass is 10.2. The van der Waals surface area contributed by atoms with Crippen LogP contribution in [-0.4, -0.2) is 40.9 Å². The minimum atomic E-state index is -3.08. The predicted octanol–water partition coefficient (Wildman–Crippen LogP) is -0.787. The van der Waals surface area contributed by atoms with E-state index in [-0.39, 0.29) is 11.5 Å². The standard InChI is InChI=1S/C7H10N2O3S/c10-7-5-13(11,12)4-6(7)9-3-1-2-8-9/h1-3,6-7,10H,4-5H2. The van der Waals surface area contributed by atoms with Crippen molar-refractivity contribution >= 4 is 9.84 Å². The van der Waals surface area contributed by atoms with E-state index < -0.39 is 22.0 Å². The zero-order valence-corrected chi connectivity index (χ0v) is 7.68. The Morgan fingerprint density at radius 1 is 1.46 bits per heavy atom. The Bertz CT molecular complexity index is 384. The number of sulfone groups is 1. The van der Waals surface area contributed by atoms with Crippen molar-refractivity contribution in [2.45, 2.75) is 12.1 Å². The molecule has 1 aromatic rings. The third-order valence-corrected chi connectivity index (χ3v) is 3.86. The van der Waals surface area contributed by atoms with Crippen LogP contribution >= 0.6 is 0 Å². The first-order valence-electron chi connectivity index (χ1n) is 3.96. The summed E-state index contributed by atoms with van der Waals surface area (Å²) in [7, 11) is -3.08. The second-order valence-electron chi connectivity index (χ2n) is 3.20. The molecular formula is C7H10N2O3S. The molecule has 0 aromatic carbocycles. The first-order chi connectivity index (χ1) is 6.08. The van der Waals surface area contributed by atoms with Crippen LogP contribution in [0.4, 0.5) is 0 Å². The molecule has 0 bridgehead atoms. The minimum absolute atomic E-state index is 0.0180. The van der Waals surface area contributed by atoms with Crippen molar-refractivity contribution in [2.75, 3.05) is 11.5 Å². The number of hydrogen-bond donors (Lipinski definition) is 1. The molecule has 5 nitrogen and oxygen atoms in total. The molecule has 72 valence electrons. The first kappa shape index (κ1) is 8.71. The highest BCUT2D eigenvalue weighted by Gasteiger charge is 2.37. The second kappa shape index (κ2) is 2.81. The van der Waals surface area contributed by atoms with Crippen LogP contribution in [0.1, 0.15) is 6.04 Å². The van der Waals surface area contributed by atoms with Crippen LogP contribution in [0.5, 0.6) is 0 Å². The van der Waals surface area contributed by atoms with E-state index in [1.54, 1.807) is 18.5 Å². The quantitative estimate of drug-likeness (QED) is 0.648. The van der Waals surface area contributed by atoms with Crippen molar-refractivity contribution in [3.05, 3.63) is 18.5 Å². The highest BCUT2D eigenvalue weighted by atomic mass is 32.2. The number of nitrogens with zero attached hydrogens (tertiary/aromatic N) is 2. The van der Waals surface area contributed by atoms with Crippen molar-refractivity contribution in [1.29, 1.82) is 0 Å². The van der Waals surface area contributed by atoms with Crippen LogP contribution in [0, 0.1) is 0 Å². The molecule has 1 saturated heterocycles. The van der Waals surface area contributed by atoms with Gasteiger partial charge in [-0.05, 0) is 6.07 Å². The van der Waals surface area contributed by atoms with Crippen LogP contribution in [0.3, 0.4) is 0 Å². The van der Waals surface area contributed by atoms with Crippen molar-refractivity contribution in [1.82, 2.24) is 9.78 Å². The third kappa shape index (κ3) is 1.59. The van der Waals surface area contributed by atoms with E-state index in [1.165, 1.54) is 4.68 Å². The lowest BCUT2D eigenvalue weighted by molar-refractivity contribution is 0.146. The van der Waals surface area contributed by atoms with Crippen molar-refractivity contribution < 1.29 is 13.5 Å². The summed E-state index contributed by atoms with van der Waals surface area (Å²) < 4.78 is 23.8.